The summed E-state index contributed by atoms with van der Waals surface area (Å²) in [4.78, 5) is 39.2. The summed E-state index contributed by atoms with van der Waals surface area (Å²) >= 11 is 6.21. The first-order valence-electron chi connectivity index (χ1n) is 14.3. The Hall–Kier alpha value is -4.82. The third kappa shape index (κ3) is 8.17. The molecule has 2 N–H and O–H groups in total. The molecule has 0 unspecified atom stereocenters. The molecule has 0 fully saturated rings. The second-order valence-corrected chi connectivity index (χ2v) is 10.7. The number of benzene rings is 4. The molecule has 228 valence electrons. The van der Waals surface area contributed by atoms with E-state index in [0.29, 0.717) is 64.9 Å². The van der Waals surface area contributed by atoms with Crippen LogP contribution in [0.1, 0.15) is 52.0 Å². The molecule has 0 radical (unpaired) electrons. The van der Waals surface area contributed by atoms with Crippen LogP contribution in [0.4, 0.5) is 11.4 Å². The molecule has 4 aromatic carbocycles. The summed E-state index contributed by atoms with van der Waals surface area (Å²) in [6.07, 6.45) is 2.04. The normalized spacial score (nSPS) is 10.6. The van der Waals surface area contributed by atoms with Gasteiger partial charge in [-0.15, -0.1) is 0 Å². The molecule has 4 rings (SSSR count). The van der Waals surface area contributed by atoms with Crippen molar-refractivity contribution in [2.45, 2.75) is 32.6 Å². The van der Waals surface area contributed by atoms with Gasteiger partial charge in [0.15, 0.2) is 0 Å². The maximum Gasteiger partial charge on any atom is 0.303 e. The van der Waals surface area contributed by atoms with Crippen molar-refractivity contribution in [3.8, 4) is 22.6 Å². The molecule has 8 nitrogen and oxygen atoms in total. The summed E-state index contributed by atoms with van der Waals surface area (Å²) in [6.45, 7) is 2.36. The van der Waals surface area contributed by atoms with Gasteiger partial charge >= 0.3 is 5.97 Å². The number of aliphatic carboxylic acids is 1. The fourth-order valence-corrected chi connectivity index (χ4v) is 4.88. The molecule has 0 aliphatic heterocycles. The quantitative estimate of drug-likeness (QED) is 0.148. The van der Waals surface area contributed by atoms with Crippen LogP contribution in [-0.2, 0) is 4.79 Å². The van der Waals surface area contributed by atoms with Crippen LogP contribution in [0.2, 0.25) is 5.02 Å². The zero-order valence-corrected chi connectivity index (χ0v) is 25.7. The zero-order chi connectivity index (χ0) is 31.6. The number of rotatable bonds is 13. The van der Waals surface area contributed by atoms with Gasteiger partial charge in [-0.05, 0) is 67.6 Å². The smallest absolute Gasteiger partial charge is 0.303 e. The molecule has 0 aliphatic rings. The number of carbonyl (C=O) groups excluding carboxylic acids is 2. The molecular weight excluding hydrogens is 580 g/mol. The lowest BCUT2D eigenvalue weighted by atomic mass is 9.98. The number of ether oxygens (including phenoxy) is 2. The first-order chi connectivity index (χ1) is 21.2. The number of amides is 2. The monoisotopic (exact) mass is 614 g/mol. The van der Waals surface area contributed by atoms with E-state index in [1.54, 1.807) is 49.5 Å². The highest BCUT2D eigenvalue weighted by atomic mass is 35.5. The van der Waals surface area contributed by atoms with E-state index < -0.39 is 5.97 Å². The highest BCUT2D eigenvalue weighted by molar-refractivity contribution is 6.31. The van der Waals surface area contributed by atoms with E-state index in [2.05, 4.69) is 5.32 Å². The number of hydrogen-bond donors (Lipinski definition) is 2. The molecule has 0 spiro atoms. The average Bonchev–Trinajstić information content (AvgIpc) is 3.02. The molecule has 44 heavy (non-hydrogen) atoms. The van der Waals surface area contributed by atoms with Gasteiger partial charge in [-0.1, -0.05) is 59.6 Å². The Kier molecular flexibility index (Phi) is 11.0. The van der Waals surface area contributed by atoms with Crippen LogP contribution in [-0.4, -0.2) is 43.7 Å². The summed E-state index contributed by atoms with van der Waals surface area (Å²) < 4.78 is 11.5. The zero-order valence-electron chi connectivity index (χ0n) is 24.9. The number of carboxylic acids is 1. The number of unbranched alkanes of at least 4 members (excludes halogenated alkanes) is 2. The Morgan fingerprint density at radius 1 is 0.864 bits per heavy atom. The number of carbonyl (C=O) groups is 3. The molecule has 0 saturated carbocycles. The Balaban J connectivity index is 1.49. The topological polar surface area (TPSA) is 105 Å². The highest BCUT2D eigenvalue weighted by Gasteiger charge is 2.22. The number of aryl methyl sites for hydroxylation is 1. The van der Waals surface area contributed by atoms with Crippen LogP contribution in [0.5, 0.6) is 11.5 Å². The first kappa shape index (κ1) is 32.1. The summed E-state index contributed by atoms with van der Waals surface area (Å²) in [5.41, 5.74) is 4.68. The minimum Gasteiger partial charge on any atom is -0.496 e. The number of halogens is 1. The van der Waals surface area contributed by atoms with E-state index in [1.807, 2.05) is 49.4 Å². The van der Waals surface area contributed by atoms with Crippen molar-refractivity contribution < 1.29 is 29.0 Å². The molecule has 0 bridgehead atoms. The summed E-state index contributed by atoms with van der Waals surface area (Å²) in [6, 6.07) is 25.3. The maximum absolute atomic E-state index is 13.6. The minimum atomic E-state index is -0.822. The lowest BCUT2D eigenvalue weighted by Gasteiger charge is -2.22. The molecule has 4 aromatic rings. The number of nitrogens with zero attached hydrogens (tertiary/aromatic N) is 1. The molecule has 2 amide bonds. The van der Waals surface area contributed by atoms with Crippen molar-refractivity contribution in [1.29, 1.82) is 0 Å². The standard InChI is InChI=1S/C35H35ClN2O6/c1-23-12-14-24(15-13-23)27-9-6-7-10-28(27)34(41)37-26-17-18-29(31(22-26)43-3)35(42)38(2)30-19-16-25(36)21-32(30)44-20-8-4-5-11-33(39)40/h6-7,9-10,12-19,21-22H,4-5,8,11,20H2,1-3H3,(H,37,41)(H,39,40). The lowest BCUT2D eigenvalue weighted by molar-refractivity contribution is -0.137. The molecule has 0 aliphatic carbocycles. The predicted molar refractivity (Wildman–Crippen MR) is 173 cm³/mol. The highest BCUT2D eigenvalue weighted by Crippen LogP contribution is 2.34. The van der Waals surface area contributed by atoms with Gasteiger partial charge in [-0.3, -0.25) is 14.4 Å². The van der Waals surface area contributed by atoms with E-state index >= 15 is 0 Å². The molecule has 0 saturated heterocycles. The van der Waals surface area contributed by atoms with Crippen LogP contribution in [0.25, 0.3) is 11.1 Å². The van der Waals surface area contributed by atoms with Gasteiger partial charge < -0.3 is 24.8 Å². The Labute approximate surface area is 262 Å². The third-order valence-electron chi connectivity index (χ3n) is 7.10. The van der Waals surface area contributed by atoms with Gasteiger partial charge in [0.05, 0.1) is 25.0 Å². The molecule has 0 aromatic heterocycles. The average molecular weight is 615 g/mol. The summed E-state index contributed by atoms with van der Waals surface area (Å²) in [5, 5.41) is 12.2. The van der Waals surface area contributed by atoms with E-state index in [0.717, 1.165) is 16.7 Å². The van der Waals surface area contributed by atoms with Crippen LogP contribution in [0.15, 0.2) is 84.9 Å². The van der Waals surface area contributed by atoms with Crippen molar-refractivity contribution in [1.82, 2.24) is 0 Å². The number of carboxylic acid groups (broad SMARTS) is 1. The SMILES string of the molecule is COc1cc(NC(=O)c2ccccc2-c2ccc(C)cc2)ccc1C(=O)N(C)c1ccc(Cl)cc1OCCCCCC(=O)O. The van der Waals surface area contributed by atoms with E-state index in [1.165, 1.54) is 12.0 Å². The lowest BCUT2D eigenvalue weighted by Crippen LogP contribution is -2.27. The molecular formula is C35H35ClN2O6. The van der Waals surface area contributed by atoms with Crippen LogP contribution < -0.4 is 19.7 Å². The summed E-state index contributed by atoms with van der Waals surface area (Å²) in [7, 11) is 3.09. The van der Waals surface area contributed by atoms with Crippen LogP contribution in [0, 0.1) is 6.92 Å². The van der Waals surface area contributed by atoms with Gasteiger partial charge in [-0.2, -0.15) is 0 Å². The van der Waals surface area contributed by atoms with Gasteiger partial charge in [0.2, 0.25) is 0 Å². The van der Waals surface area contributed by atoms with Crippen LogP contribution >= 0.6 is 11.6 Å². The predicted octanol–water partition coefficient (Wildman–Crippen LogP) is 7.88. The van der Waals surface area contributed by atoms with Gasteiger partial charge in [0.25, 0.3) is 11.8 Å². The van der Waals surface area contributed by atoms with Crippen molar-refractivity contribution in [2.75, 3.05) is 31.0 Å². The number of anilines is 2. The Bertz CT molecular complexity index is 1640. The van der Waals surface area contributed by atoms with Gasteiger partial charge in [0, 0.05) is 41.9 Å². The molecule has 9 heteroatoms. The van der Waals surface area contributed by atoms with E-state index in [4.69, 9.17) is 26.2 Å². The summed E-state index contributed by atoms with van der Waals surface area (Å²) in [5.74, 6) is -0.733. The van der Waals surface area contributed by atoms with E-state index in [-0.39, 0.29) is 18.2 Å². The fraction of sp³-hybridized carbons (Fsp3) is 0.229. The van der Waals surface area contributed by atoms with Crippen LogP contribution in [0.3, 0.4) is 0 Å². The molecule has 0 atom stereocenters. The largest absolute Gasteiger partial charge is 0.496 e. The second kappa shape index (κ2) is 15.1. The third-order valence-corrected chi connectivity index (χ3v) is 7.34. The Morgan fingerprint density at radius 2 is 1.61 bits per heavy atom. The van der Waals surface area contributed by atoms with E-state index in [9.17, 15) is 14.4 Å². The number of nitrogens with one attached hydrogen (secondary N) is 1. The maximum atomic E-state index is 13.6. The van der Waals surface area contributed by atoms with Crippen molar-refractivity contribution in [3.05, 3.63) is 107 Å². The minimum absolute atomic E-state index is 0.116. The second-order valence-electron chi connectivity index (χ2n) is 10.3. The molecule has 0 heterocycles. The van der Waals surface area contributed by atoms with Gasteiger partial charge in [0.1, 0.15) is 11.5 Å². The number of hydrogen-bond acceptors (Lipinski definition) is 5. The Morgan fingerprint density at radius 3 is 2.34 bits per heavy atom. The fourth-order valence-electron chi connectivity index (χ4n) is 4.72. The first-order valence-corrected chi connectivity index (χ1v) is 14.6. The van der Waals surface area contributed by atoms with Crippen molar-refractivity contribution in [2.24, 2.45) is 0 Å². The van der Waals surface area contributed by atoms with Gasteiger partial charge in [-0.25, -0.2) is 0 Å². The van der Waals surface area contributed by atoms with Crippen molar-refractivity contribution in [3.63, 3.8) is 0 Å². The van der Waals surface area contributed by atoms with Crippen molar-refractivity contribution >= 4 is 40.8 Å². The number of methoxy groups -OCH3 is 1.